The van der Waals surface area contributed by atoms with Gasteiger partial charge in [-0.2, -0.15) is 4.98 Å². The molecule has 2 N–H and O–H groups in total. The number of rotatable bonds is 4. The van der Waals surface area contributed by atoms with Crippen LogP contribution >= 0.6 is 0 Å². The lowest BCUT2D eigenvalue weighted by molar-refractivity contribution is 0.0987. The van der Waals surface area contributed by atoms with Crippen molar-refractivity contribution in [3.63, 3.8) is 0 Å². The minimum absolute atomic E-state index is 0.0379. The van der Waals surface area contributed by atoms with Gasteiger partial charge in [-0.1, -0.05) is 6.07 Å². The maximum absolute atomic E-state index is 11.8. The summed E-state index contributed by atoms with van der Waals surface area (Å²) in [5.41, 5.74) is 6.94. The van der Waals surface area contributed by atoms with Gasteiger partial charge in [-0.15, -0.1) is 0 Å². The molecule has 1 heterocycles. The van der Waals surface area contributed by atoms with Crippen LogP contribution in [0.3, 0.4) is 0 Å². The molecular weight excluding hydrogens is 208 g/mol. The Morgan fingerprint density at radius 3 is 3.06 bits per heavy atom. The standard InChI is InChI=1S/C11H12N2O3/c1-15-11-13-10-7(8(14)5-6-12)3-2-4-9(10)16-11/h2-4H,5-6,12H2,1H3. The van der Waals surface area contributed by atoms with E-state index in [1.54, 1.807) is 18.2 Å². The summed E-state index contributed by atoms with van der Waals surface area (Å²) < 4.78 is 10.1. The number of ether oxygens (including phenoxy) is 1. The molecule has 16 heavy (non-hydrogen) atoms. The van der Waals surface area contributed by atoms with Gasteiger partial charge >= 0.3 is 6.08 Å². The molecule has 0 spiro atoms. The summed E-state index contributed by atoms with van der Waals surface area (Å²) in [6, 6.07) is 5.20. The summed E-state index contributed by atoms with van der Waals surface area (Å²) in [5.74, 6) is -0.0379. The highest BCUT2D eigenvalue weighted by Crippen LogP contribution is 2.24. The SMILES string of the molecule is COc1nc2c(C(=O)CCN)cccc2o1. The first-order valence-electron chi connectivity index (χ1n) is 4.93. The molecule has 0 fully saturated rings. The van der Waals surface area contributed by atoms with Crippen LogP contribution in [0.15, 0.2) is 22.6 Å². The first kappa shape index (κ1) is 10.6. The van der Waals surface area contributed by atoms with Crippen LogP contribution in [0.5, 0.6) is 6.08 Å². The molecular formula is C11H12N2O3. The summed E-state index contributed by atoms with van der Waals surface area (Å²) in [4.78, 5) is 15.8. The number of hydrogen-bond acceptors (Lipinski definition) is 5. The van der Waals surface area contributed by atoms with E-state index in [0.717, 1.165) is 0 Å². The normalized spacial score (nSPS) is 10.6. The Morgan fingerprint density at radius 1 is 1.56 bits per heavy atom. The molecule has 0 amide bonds. The molecule has 0 radical (unpaired) electrons. The van der Waals surface area contributed by atoms with Crippen molar-refractivity contribution in [3.05, 3.63) is 23.8 Å². The molecule has 1 aromatic heterocycles. The van der Waals surface area contributed by atoms with Crippen LogP contribution in [0.1, 0.15) is 16.8 Å². The molecule has 0 aliphatic rings. The lowest BCUT2D eigenvalue weighted by Crippen LogP contribution is -2.08. The average Bonchev–Trinajstić information content (AvgIpc) is 2.71. The van der Waals surface area contributed by atoms with E-state index in [1.165, 1.54) is 7.11 Å². The number of nitrogens with two attached hydrogens (primary N) is 1. The van der Waals surface area contributed by atoms with Gasteiger partial charge in [0.1, 0.15) is 5.52 Å². The number of hydrogen-bond donors (Lipinski definition) is 1. The largest absolute Gasteiger partial charge is 0.453 e. The highest BCUT2D eigenvalue weighted by atomic mass is 16.6. The smallest absolute Gasteiger partial charge is 0.394 e. The van der Waals surface area contributed by atoms with E-state index >= 15 is 0 Å². The van der Waals surface area contributed by atoms with E-state index in [1.807, 2.05) is 0 Å². The molecule has 0 aliphatic carbocycles. The number of fused-ring (bicyclic) bond motifs is 1. The number of carbonyl (C=O) groups is 1. The van der Waals surface area contributed by atoms with E-state index in [2.05, 4.69) is 4.98 Å². The van der Waals surface area contributed by atoms with Crippen LogP contribution in [-0.2, 0) is 0 Å². The van der Waals surface area contributed by atoms with Crippen molar-refractivity contribution in [2.24, 2.45) is 5.73 Å². The van der Waals surface area contributed by atoms with Crippen LogP contribution in [0.4, 0.5) is 0 Å². The van der Waals surface area contributed by atoms with Crippen LogP contribution in [0, 0.1) is 0 Å². The topological polar surface area (TPSA) is 78.3 Å². The van der Waals surface area contributed by atoms with Gasteiger partial charge in [0.15, 0.2) is 11.4 Å². The second-order valence-corrected chi connectivity index (χ2v) is 3.30. The molecule has 5 heteroatoms. The number of nitrogens with zero attached hydrogens (tertiary/aromatic N) is 1. The molecule has 0 bridgehead atoms. The molecule has 0 saturated heterocycles. The Morgan fingerprint density at radius 2 is 2.38 bits per heavy atom. The third-order valence-electron chi connectivity index (χ3n) is 2.25. The van der Waals surface area contributed by atoms with Gasteiger partial charge in [0, 0.05) is 12.0 Å². The van der Waals surface area contributed by atoms with Gasteiger partial charge in [0.05, 0.1) is 7.11 Å². The Hall–Kier alpha value is -1.88. The molecule has 0 aliphatic heterocycles. The average molecular weight is 220 g/mol. The van der Waals surface area contributed by atoms with Crippen LogP contribution in [0.25, 0.3) is 11.1 Å². The highest BCUT2D eigenvalue weighted by Gasteiger charge is 2.14. The van der Waals surface area contributed by atoms with Crippen molar-refractivity contribution < 1.29 is 13.9 Å². The molecule has 0 atom stereocenters. The first-order chi connectivity index (χ1) is 7.76. The molecule has 84 valence electrons. The van der Waals surface area contributed by atoms with Crippen LogP contribution in [0.2, 0.25) is 0 Å². The van der Waals surface area contributed by atoms with Gasteiger partial charge in [-0.3, -0.25) is 4.79 Å². The minimum Gasteiger partial charge on any atom is -0.453 e. The molecule has 2 rings (SSSR count). The van der Waals surface area contributed by atoms with Crippen molar-refractivity contribution in [3.8, 4) is 6.08 Å². The van der Waals surface area contributed by atoms with Gasteiger partial charge in [0.25, 0.3) is 0 Å². The van der Waals surface area contributed by atoms with Crippen molar-refractivity contribution in [1.82, 2.24) is 4.98 Å². The van der Waals surface area contributed by atoms with E-state index < -0.39 is 0 Å². The maximum atomic E-state index is 11.8. The number of oxazole rings is 1. The lowest BCUT2D eigenvalue weighted by Gasteiger charge is -1.98. The Bertz CT molecular complexity index is 519. The molecule has 1 aromatic carbocycles. The molecule has 5 nitrogen and oxygen atoms in total. The molecule has 2 aromatic rings. The minimum atomic E-state index is -0.0379. The zero-order chi connectivity index (χ0) is 11.5. The highest BCUT2D eigenvalue weighted by molar-refractivity contribution is 6.05. The number of para-hydroxylation sites is 1. The van der Waals surface area contributed by atoms with Gasteiger partial charge in [-0.25, -0.2) is 0 Å². The second-order valence-electron chi connectivity index (χ2n) is 3.30. The second kappa shape index (κ2) is 4.32. The van der Waals surface area contributed by atoms with Crippen molar-refractivity contribution in [1.29, 1.82) is 0 Å². The van der Waals surface area contributed by atoms with Gasteiger partial charge in [-0.05, 0) is 18.7 Å². The Kier molecular flexibility index (Phi) is 2.87. The van der Waals surface area contributed by atoms with Crippen molar-refractivity contribution in [2.75, 3.05) is 13.7 Å². The van der Waals surface area contributed by atoms with Gasteiger partial charge in [0.2, 0.25) is 0 Å². The zero-order valence-electron chi connectivity index (χ0n) is 8.90. The fourth-order valence-electron chi connectivity index (χ4n) is 1.51. The van der Waals surface area contributed by atoms with E-state index in [9.17, 15) is 4.79 Å². The number of ketones is 1. The van der Waals surface area contributed by atoms with Crippen molar-refractivity contribution >= 4 is 16.9 Å². The number of Topliss-reactive ketones (excluding diaryl/α,β-unsaturated/α-hetero) is 1. The number of benzene rings is 1. The fourth-order valence-corrected chi connectivity index (χ4v) is 1.51. The van der Waals surface area contributed by atoms with Crippen LogP contribution in [-0.4, -0.2) is 24.4 Å². The summed E-state index contributed by atoms with van der Waals surface area (Å²) in [6.07, 6.45) is 0.455. The zero-order valence-corrected chi connectivity index (χ0v) is 8.90. The maximum Gasteiger partial charge on any atom is 0.394 e. The molecule has 0 saturated carbocycles. The summed E-state index contributed by atoms with van der Waals surface area (Å²) in [7, 11) is 1.46. The molecule has 0 unspecified atom stereocenters. The van der Waals surface area contributed by atoms with Crippen molar-refractivity contribution in [2.45, 2.75) is 6.42 Å². The Balaban J connectivity index is 2.52. The number of carbonyl (C=O) groups excluding carboxylic acids is 1. The van der Waals surface area contributed by atoms with Crippen LogP contribution < -0.4 is 10.5 Å². The third-order valence-corrected chi connectivity index (χ3v) is 2.25. The van der Waals surface area contributed by atoms with E-state index in [0.29, 0.717) is 29.6 Å². The van der Waals surface area contributed by atoms with Gasteiger partial charge < -0.3 is 14.9 Å². The predicted octanol–water partition coefficient (Wildman–Crippen LogP) is 1.37. The fraction of sp³-hybridized carbons (Fsp3) is 0.273. The van der Waals surface area contributed by atoms with E-state index in [4.69, 9.17) is 14.9 Å². The van der Waals surface area contributed by atoms with E-state index in [-0.39, 0.29) is 11.9 Å². The quantitative estimate of drug-likeness (QED) is 0.787. The third kappa shape index (κ3) is 1.77. The Labute approximate surface area is 92.2 Å². The number of aromatic nitrogens is 1. The summed E-state index contributed by atoms with van der Waals surface area (Å²) in [5, 5.41) is 0. The predicted molar refractivity (Wildman–Crippen MR) is 58.6 cm³/mol. The lowest BCUT2D eigenvalue weighted by atomic mass is 10.1. The number of methoxy groups -OCH3 is 1. The summed E-state index contributed by atoms with van der Waals surface area (Å²) >= 11 is 0. The first-order valence-corrected chi connectivity index (χ1v) is 4.93. The summed E-state index contributed by atoms with van der Waals surface area (Å²) in [6.45, 7) is 0.324. The monoisotopic (exact) mass is 220 g/mol.